The highest BCUT2D eigenvalue weighted by molar-refractivity contribution is 6.32. The van der Waals surface area contributed by atoms with Gasteiger partial charge in [-0.05, 0) is 14.0 Å². The first kappa shape index (κ1) is 13.7. The summed E-state index contributed by atoms with van der Waals surface area (Å²) < 4.78 is 1.27. The third kappa shape index (κ3) is 3.57. The van der Waals surface area contributed by atoms with Crippen molar-refractivity contribution in [3.05, 3.63) is 34.2 Å². The molecule has 5 nitrogen and oxygen atoms in total. The summed E-state index contributed by atoms with van der Waals surface area (Å²) in [6, 6.07) is 0.279. The predicted octanol–water partition coefficient (Wildman–Crippen LogP) is 1.10. The van der Waals surface area contributed by atoms with E-state index in [1.165, 1.54) is 4.68 Å². The number of nitrogens with zero attached hydrogens (tertiary/aromatic N) is 2. The highest BCUT2D eigenvalue weighted by atomic mass is 35.5. The van der Waals surface area contributed by atoms with Gasteiger partial charge in [-0.2, -0.15) is 5.10 Å². The molecule has 0 saturated heterocycles. The Bertz CT molecular complexity index is 444. The van der Waals surface area contributed by atoms with Gasteiger partial charge in [-0.1, -0.05) is 17.7 Å². The van der Waals surface area contributed by atoms with Crippen LogP contribution in [0.4, 0.5) is 5.69 Å². The minimum absolute atomic E-state index is 0.158. The lowest BCUT2D eigenvalue weighted by molar-refractivity contribution is 0.633. The van der Waals surface area contributed by atoms with Crippen molar-refractivity contribution in [1.29, 1.82) is 0 Å². The number of halogens is 1. The largest absolute Gasteiger partial charge is 0.381 e. The Morgan fingerprint density at radius 3 is 3.00 bits per heavy atom. The van der Waals surface area contributed by atoms with Crippen LogP contribution < -0.4 is 16.2 Å². The molecule has 0 spiro atoms. The molecule has 6 heteroatoms. The lowest BCUT2D eigenvalue weighted by atomic mass is 10.3. The molecule has 0 radical (unpaired) electrons. The van der Waals surface area contributed by atoms with Crippen LogP contribution in [0.15, 0.2) is 23.6 Å². The van der Waals surface area contributed by atoms with Crippen LogP contribution in [-0.2, 0) is 6.54 Å². The lowest BCUT2D eigenvalue weighted by Crippen LogP contribution is -2.30. The second kappa shape index (κ2) is 6.42. The highest BCUT2D eigenvalue weighted by Crippen LogP contribution is 2.14. The zero-order chi connectivity index (χ0) is 12.8. The number of likely N-dealkylation sites (N-methyl/N-ethyl adjacent to an activating group) is 1. The molecule has 1 atom stereocenters. The molecule has 0 aromatic carbocycles. The average molecular weight is 257 g/mol. The fraction of sp³-hybridized carbons (Fsp3) is 0.455. The van der Waals surface area contributed by atoms with Crippen LogP contribution in [0.25, 0.3) is 0 Å². The Hall–Kier alpha value is -1.33. The SMILES string of the molecule is C=CCn1ncc(NCC(C)NC)c(Cl)c1=O. The Labute approximate surface area is 105 Å². The van der Waals surface area contributed by atoms with E-state index >= 15 is 0 Å². The summed E-state index contributed by atoms with van der Waals surface area (Å²) >= 11 is 5.97. The fourth-order valence-electron chi connectivity index (χ4n) is 1.21. The van der Waals surface area contributed by atoms with Crippen LogP contribution in [-0.4, -0.2) is 29.4 Å². The molecule has 2 N–H and O–H groups in total. The van der Waals surface area contributed by atoms with Crippen LogP contribution in [0.5, 0.6) is 0 Å². The van der Waals surface area contributed by atoms with Crippen molar-refractivity contribution in [2.75, 3.05) is 18.9 Å². The van der Waals surface area contributed by atoms with Gasteiger partial charge in [0.2, 0.25) is 0 Å². The number of rotatable bonds is 6. The lowest BCUT2D eigenvalue weighted by Gasteiger charge is -2.13. The summed E-state index contributed by atoms with van der Waals surface area (Å²) in [5.74, 6) is 0. The zero-order valence-corrected chi connectivity index (χ0v) is 10.8. The number of hydrogen-bond donors (Lipinski definition) is 2. The van der Waals surface area contributed by atoms with Crippen LogP contribution in [0.3, 0.4) is 0 Å². The fourth-order valence-corrected chi connectivity index (χ4v) is 1.42. The van der Waals surface area contributed by atoms with E-state index in [9.17, 15) is 4.79 Å². The third-order valence-electron chi connectivity index (χ3n) is 2.38. The van der Waals surface area contributed by atoms with Crippen molar-refractivity contribution in [3.8, 4) is 0 Å². The standard InChI is InChI=1S/C11H17ClN4O/c1-4-5-16-11(17)10(12)9(7-15-16)14-6-8(2)13-3/h4,7-8,13-14H,1,5-6H2,2-3H3. The molecule has 1 aromatic heterocycles. The van der Waals surface area contributed by atoms with Gasteiger partial charge in [-0.25, -0.2) is 4.68 Å². The van der Waals surface area contributed by atoms with Crippen molar-refractivity contribution in [2.45, 2.75) is 19.5 Å². The molecule has 1 heterocycles. The first-order valence-corrected chi connectivity index (χ1v) is 5.75. The van der Waals surface area contributed by atoms with Crippen molar-refractivity contribution in [3.63, 3.8) is 0 Å². The zero-order valence-electron chi connectivity index (χ0n) is 10.0. The molecule has 1 aromatic rings. The molecular formula is C11H17ClN4O. The summed E-state index contributed by atoms with van der Waals surface area (Å²) in [6.45, 7) is 6.60. The van der Waals surface area contributed by atoms with Crippen LogP contribution in [0.1, 0.15) is 6.92 Å². The van der Waals surface area contributed by atoms with E-state index in [0.717, 1.165) is 0 Å². The summed E-state index contributed by atoms with van der Waals surface area (Å²) in [4.78, 5) is 11.8. The molecule has 0 bridgehead atoms. The van der Waals surface area contributed by atoms with Crippen LogP contribution in [0.2, 0.25) is 5.02 Å². The smallest absolute Gasteiger partial charge is 0.287 e. The molecular weight excluding hydrogens is 240 g/mol. The van der Waals surface area contributed by atoms with E-state index in [1.807, 2.05) is 14.0 Å². The van der Waals surface area contributed by atoms with Crippen molar-refractivity contribution in [1.82, 2.24) is 15.1 Å². The minimum atomic E-state index is -0.311. The number of hydrogen-bond acceptors (Lipinski definition) is 4. The Balaban J connectivity index is 2.85. The number of anilines is 1. The second-order valence-electron chi connectivity index (χ2n) is 3.72. The number of nitrogens with one attached hydrogen (secondary N) is 2. The maximum absolute atomic E-state index is 11.8. The second-order valence-corrected chi connectivity index (χ2v) is 4.10. The normalized spacial score (nSPS) is 12.2. The highest BCUT2D eigenvalue weighted by Gasteiger charge is 2.08. The molecule has 94 valence electrons. The number of allylic oxidation sites excluding steroid dienone is 1. The van der Waals surface area contributed by atoms with E-state index in [2.05, 4.69) is 22.3 Å². The topological polar surface area (TPSA) is 59.0 Å². The van der Waals surface area contributed by atoms with Gasteiger partial charge in [0.25, 0.3) is 5.56 Å². The monoisotopic (exact) mass is 256 g/mol. The molecule has 0 saturated carbocycles. The van der Waals surface area contributed by atoms with Gasteiger partial charge in [0.15, 0.2) is 0 Å². The van der Waals surface area contributed by atoms with E-state index in [0.29, 0.717) is 18.8 Å². The summed E-state index contributed by atoms with van der Waals surface area (Å²) in [6.07, 6.45) is 3.15. The number of aromatic nitrogens is 2. The van der Waals surface area contributed by atoms with Crippen molar-refractivity contribution < 1.29 is 0 Å². The first-order valence-electron chi connectivity index (χ1n) is 5.37. The molecule has 0 aliphatic heterocycles. The average Bonchev–Trinajstić information content (AvgIpc) is 2.34. The van der Waals surface area contributed by atoms with Gasteiger partial charge in [0, 0.05) is 12.6 Å². The summed E-state index contributed by atoms with van der Waals surface area (Å²) in [7, 11) is 1.87. The third-order valence-corrected chi connectivity index (χ3v) is 2.74. The van der Waals surface area contributed by atoms with E-state index in [1.54, 1.807) is 12.3 Å². The molecule has 0 fully saturated rings. The van der Waals surface area contributed by atoms with Crippen molar-refractivity contribution >= 4 is 17.3 Å². The Morgan fingerprint density at radius 2 is 2.41 bits per heavy atom. The molecule has 17 heavy (non-hydrogen) atoms. The minimum Gasteiger partial charge on any atom is -0.381 e. The van der Waals surface area contributed by atoms with Gasteiger partial charge in [0.05, 0.1) is 18.4 Å². The van der Waals surface area contributed by atoms with Crippen LogP contribution >= 0.6 is 11.6 Å². The molecule has 1 rings (SSSR count). The van der Waals surface area contributed by atoms with Gasteiger partial charge in [-0.3, -0.25) is 4.79 Å². The Kier molecular flexibility index (Phi) is 5.18. The Morgan fingerprint density at radius 1 is 1.71 bits per heavy atom. The van der Waals surface area contributed by atoms with Gasteiger partial charge in [0.1, 0.15) is 5.02 Å². The van der Waals surface area contributed by atoms with E-state index in [4.69, 9.17) is 11.6 Å². The first-order chi connectivity index (χ1) is 8.10. The predicted molar refractivity (Wildman–Crippen MR) is 70.7 cm³/mol. The quantitative estimate of drug-likeness (QED) is 0.749. The summed E-state index contributed by atoms with van der Waals surface area (Å²) in [5, 5.41) is 10.3. The van der Waals surface area contributed by atoms with Gasteiger partial charge >= 0.3 is 0 Å². The maximum atomic E-state index is 11.8. The van der Waals surface area contributed by atoms with E-state index in [-0.39, 0.29) is 16.6 Å². The van der Waals surface area contributed by atoms with Crippen molar-refractivity contribution in [2.24, 2.45) is 0 Å². The van der Waals surface area contributed by atoms with E-state index < -0.39 is 0 Å². The maximum Gasteiger partial charge on any atom is 0.287 e. The molecule has 0 aliphatic carbocycles. The molecule has 0 amide bonds. The molecule has 1 unspecified atom stereocenters. The van der Waals surface area contributed by atoms with Gasteiger partial charge < -0.3 is 10.6 Å². The van der Waals surface area contributed by atoms with Gasteiger partial charge in [-0.15, -0.1) is 6.58 Å². The van der Waals surface area contributed by atoms with Crippen LogP contribution in [0, 0.1) is 0 Å². The molecule has 0 aliphatic rings. The summed E-state index contributed by atoms with van der Waals surface area (Å²) in [5.41, 5.74) is 0.243.